The molecule has 1 aromatic rings. The first-order valence-electron chi connectivity index (χ1n) is 6.79. The molecule has 0 fully saturated rings. The molecular formula is C16H18N2O4. The van der Waals surface area contributed by atoms with Crippen molar-refractivity contribution in [2.75, 3.05) is 12.0 Å². The number of rotatable bonds is 5. The predicted molar refractivity (Wildman–Crippen MR) is 82.5 cm³/mol. The summed E-state index contributed by atoms with van der Waals surface area (Å²) in [7, 11) is 1.53. The maximum absolute atomic E-state index is 11.7. The summed E-state index contributed by atoms with van der Waals surface area (Å²) < 4.78 is 5.32. The number of para-hydroxylation sites is 2. The van der Waals surface area contributed by atoms with Crippen molar-refractivity contribution in [1.82, 2.24) is 0 Å². The SMILES string of the molecule is COc1ccccc1N1C=CC=C(C(N)=O)C1C(C)C(=O)O. The molecule has 1 amide bonds. The number of anilines is 1. The Bertz CT molecular complexity index is 651. The molecule has 1 aliphatic heterocycles. The first-order chi connectivity index (χ1) is 10.5. The molecular weight excluding hydrogens is 284 g/mol. The Balaban J connectivity index is 2.53. The van der Waals surface area contributed by atoms with Crippen LogP contribution in [-0.2, 0) is 9.59 Å². The Labute approximate surface area is 128 Å². The number of methoxy groups -OCH3 is 1. The number of ether oxygens (including phenoxy) is 1. The number of carbonyl (C=O) groups is 2. The molecule has 1 aromatic carbocycles. The number of carboxylic acid groups (broad SMARTS) is 1. The number of amides is 1. The molecule has 6 heteroatoms. The van der Waals surface area contributed by atoms with E-state index in [1.54, 1.807) is 42.3 Å². The van der Waals surface area contributed by atoms with Crippen LogP contribution in [0.5, 0.6) is 5.75 Å². The number of aliphatic carboxylic acids is 1. The first kappa shape index (κ1) is 15.6. The van der Waals surface area contributed by atoms with Crippen molar-refractivity contribution >= 4 is 17.6 Å². The highest BCUT2D eigenvalue weighted by molar-refractivity contribution is 5.96. The van der Waals surface area contributed by atoms with Crippen LogP contribution >= 0.6 is 0 Å². The first-order valence-corrected chi connectivity index (χ1v) is 6.79. The monoisotopic (exact) mass is 302 g/mol. The second-order valence-corrected chi connectivity index (χ2v) is 4.98. The van der Waals surface area contributed by atoms with Gasteiger partial charge in [0.1, 0.15) is 5.75 Å². The fourth-order valence-corrected chi connectivity index (χ4v) is 2.53. The number of hydrogen-bond donors (Lipinski definition) is 2. The van der Waals surface area contributed by atoms with Gasteiger partial charge < -0.3 is 20.5 Å². The quantitative estimate of drug-likeness (QED) is 0.860. The van der Waals surface area contributed by atoms with Gasteiger partial charge in [0.25, 0.3) is 0 Å². The van der Waals surface area contributed by atoms with Crippen LogP contribution in [0.2, 0.25) is 0 Å². The van der Waals surface area contributed by atoms with Gasteiger partial charge in [-0.3, -0.25) is 9.59 Å². The zero-order valence-corrected chi connectivity index (χ0v) is 12.4. The number of nitrogens with two attached hydrogens (primary N) is 1. The van der Waals surface area contributed by atoms with Gasteiger partial charge in [-0.1, -0.05) is 12.1 Å². The molecule has 1 heterocycles. The van der Waals surface area contributed by atoms with E-state index >= 15 is 0 Å². The Kier molecular flexibility index (Phi) is 4.50. The number of hydrogen-bond acceptors (Lipinski definition) is 4. The molecule has 2 unspecified atom stereocenters. The van der Waals surface area contributed by atoms with E-state index in [2.05, 4.69) is 0 Å². The lowest BCUT2D eigenvalue weighted by atomic mass is 9.90. The van der Waals surface area contributed by atoms with E-state index in [9.17, 15) is 14.7 Å². The Morgan fingerprint density at radius 2 is 2.05 bits per heavy atom. The van der Waals surface area contributed by atoms with Gasteiger partial charge in [0.2, 0.25) is 5.91 Å². The van der Waals surface area contributed by atoms with E-state index in [4.69, 9.17) is 10.5 Å². The molecule has 0 radical (unpaired) electrons. The van der Waals surface area contributed by atoms with Crippen molar-refractivity contribution in [1.29, 1.82) is 0 Å². The summed E-state index contributed by atoms with van der Waals surface area (Å²) in [5.74, 6) is -1.89. The van der Waals surface area contributed by atoms with Gasteiger partial charge in [-0.25, -0.2) is 0 Å². The molecule has 0 aliphatic carbocycles. The molecule has 1 aliphatic rings. The number of primary amides is 1. The Hall–Kier alpha value is -2.76. The third-order valence-electron chi connectivity index (χ3n) is 3.65. The smallest absolute Gasteiger partial charge is 0.308 e. The molecule has 2 atom stereocenters. The van der Waals surface area contributed by atoms with Crippen LogP contribution in [0, 0.1) is 5.92 Å². The van der Waals surface area contributed by atoms with Gasteiger partial charge >= 0.3 is 5.97 Å². The third-order valence-corrected chi connectivity index (χ3v) is 3.65. The minimum Gasteiger partial charge on any atom is -0.495 e. The highest BCUT2D eigenvalue weighted by atomic mass is 16.5. The van der Waals surface area contributed by atoms with Gasteiger partial charge in [0.15, 0.2) is 0 Å². The summed E-state index contributed by atoms with van der Waals surface area (Å²) >= 11 is 0. The maximum atomic E-state index is 11.7. The molecule has 0 saturated carbocycles. The van der Waals surface area contributed by atoms with Crippen LogP contribution in [0.3, 0.4) is 0 Å². The van der Waals surface area contributed by atoms with E-state index < -0.39 is 23.8 Å². The van der Waals surface area contributed by atoms with Crippen LogP contribution < -0.4 is 15.4 Å². The number of benzene rings is 1. The molecule has 6 nitrogen and oxygen atoms in total. The highest BCUT2D eigenvalue weighted by Crippen LogP contribution is 2.35. The number of carbonyl (C=O) groups excluding carboxylic acids is 1. The second-order valence-electron chi connectivity index (χ2n) is 4.98. The minimum absolute atomic E-state index is 0.253. The molecule has 2 rings (SSSR count). The van der Waals surface area contributed by atoms with Crippen molar-refractivity contribution in [3.05, 3.63) is 48.2 Å². The summed E-state index contributed by atoms with van der Waals surface area (Å²) in [5, 5.41) is 9.36. The van der Waals surface area contributed by atoms with E-state index in [1.807, 2.05) is 12.1 Å². The van der Waals surface area contributed by atoms with Crippen LogP contribution in [0.25, 0.3) is 0 Å². The molecule has 0 aromatic heterocycles. The Morgan fingerprint density at radius 3 is 2.64 bits per heavy atom. The molecule has 0 spiro atoms. The molecule has 0 saturated heterocycles. The van der Waals surface area contributed by atoms with E-state index in [-0.39, 0.29) is 5.57 Å². The predicted octanol–water partition coefficient (Wildman–Crippen LogP) is 1.53. The van der Waals surface area contributed by atoms with Crippen molar-refractivity contribution in [3.8, 4) is 5.75 Å². The summed E-state index contributed by atoms with van der Waals surface area (Å²) in [5.41, 5.74) is 6.34. The van der Waals surface area contributed by atoms with Crippen molar-refractivity contribution < 1.29 is 19.4 Å². The van der Waals surface area contributed by atoms with Crippen molar-refractivity contribution in [3.63, 3.8) is 0 Å². The average molecular weight is 302 g/mol. The lowest BCUT2D eigenvalue weighted by Gasteiger charge is -2.36. The summed E-state index contributed by atoms with van der Waals surface area (Å²) in [6.07, 6.45) is 4.93. The topological polar surface area (TPSA) is 92.9 Å². The summed E-state index contributed by atoms with van der Waals surface area (Å²) in [6, 6.07) is 6.51. The molecule has 3 N–H and O–H groups in total. The van der Waals surface area contributed by atoms with Crippen LogP contribution in [0.1, 0.15) is 6.92 Å². The molecule has 22 heavy (non-hydrogen) atoms. The van der Waals surface area contributed by atoms with Crippen LogP contribution in [-0.4, -0.2) is 30.1 Å². The number of allylic oxidation sites excluding steroid dienone is 2. The largest absolute Gasteiger partial charge is 0.495 e. The molecule has 116 valence electrons. The van der Waals surface area contributed by atoms with Crippen molar-refractivity contribution in [2.24, 2.45) is 11.7 Å². The van der Waals surface area contributed by atoms with Gasteiger partial charge in [-0.15, -0.1) is 0 Å². The number of nitrogens with zero attached hydrogens (tertiary/aromatic N) is 1. The summed E-state index contributed by atoms with van der Waals surface area (Å²) in [6.45, 7) is 1.55. The number of carboxylic acids is 1. The van der Waals surface area contributed by atoms with Crippen LogP contribution in [0.15, 0.2) is 48.2 Å². The van der Waals surface area contributed by atoms with Gasteiger partial charge in [0.05, 0.1) is 24.8 Å². The minimum atomic E-state index is -1.01. The zero-order valence-electron chi connectivity index (χ0n) is 12.4. The average Bonchev–Trinajstić information content (AvgIpc) is 2.53. The fraction of sp³-hybridized carbons (Fsp3) is 0.250. The third kappa shape index (κ3) is 2.81. The Morgan fingerprint density at radius 1 is 1.36 bits per heavy atom. The van der Waals surface area contributed by atoms with Gasteiger partial charge in [0, 0.05) is 11.8 Å². The zero-order chi connectivity index (χ0) is 16.3. The lowest BCUT2D eigenvalue weighted by Crippen LogP contribution is -2.45. The molecule has 0 bridgehead atoms. The van der Waals surface area contributed by atoms with Crippen LogP contribution in [0.4, 0.5) is 5.69 Å². The van der Waals surface area contributed by atoms with Gasteiger partial charge in [-0.2, -0.15) is 0 Å². The maximum Gasteiger partial charge on any atom is 0.308 e. The van der Waals surface area contributed by atoms with Gasteiger partial charge in [-0.05, 0) is 31.2 Å². The standard InChI is InChI=1S/C16H18N2O4/c1-10(16(20)21)14-11(15(17)19)6-5-9-18(14)12-7-3-4-8-13(12)22-2/h3-10,14H,1-2H3,(H2,17,19)(H,20,21). The van der Waals surface area contributed by atoms with E-state index in [0.717, 1.165) is 0 Å². The lowest BCUT2D eigenvalue weighted by molar-refractivity contribution is -0.141. The fourth-order valence-electron chi connectivity index (χ4n) is 2.53. The van der Waals surface area contributed by atoms with E-state index in [0.29, 0.717) is 11.4 Å². The van der Waals surface area contributed by atoms with Crippen molar-refractivity contribution in [2.45, 2.75) is 13.0 Å². The highest BCUT2D eigenvalue weighted by Gasteiger charge is 2.36. The normalized spacial score (nSPS) is 18.5. The summed E-state index contributed by atoms with van der Waals surface area (Å²) in [4.78, 5) is 24.8. The van der Waals surface area contributed by atoms with E-state index in [1.165, 1.54) is 7.11 Å². The second kappa shape index (κ2) is 6.34.